The number of nitro benzene ring substituents is 1. The Hall–Kier alpha value is -2.83. The number of aliphatic imine (C=N–C) groups is 1. The molecule has 0 amide bonds. The summed E-state index contributed by atoms with van der Waals surface area (Å²) in [6.07, 6.45) is 0. The molecule has 0 aromatic heterocycles. The summed E-state index contributed by atoms with van der Waals surface area (Å²) in [7, 11) is 0. The van der Waals surface area contributed by atoms with Gasteiger partial charge in [-0.25, -0.2) is 4.79 Å². The van der Waals surface area contributed by atoms with Crippen LogP contribution in [0.3, 0.4) is 0 Å². The second-order valence-electron chi connectivity index (χ2n) is 5.47. The second-order valence-corrected chi connectivity index (χ2v) is 5.47. The summed E-state index contributed by atoms with van der Waals surface area (Å²) < 4.78 is 0. The van der Waals surface area contributed by atoms with Crippen molar-refractivity contribution in [1.29, 1.82) is 0 Å². The third-order valence-corrected chi connectivity index (χ3v) is 3.96. The van der Waals surface area contributed by atoms with Gasteiger partial charge in [0.1, 0.15) is 5.78 Å². The van der Waals surface area contributed by atoms with Gasteiger partial charge in [-0.2, -0.15) is 0 Å². The number of carboxylic acid groups (broad SMARTS) is 1. The van der Waals surface area contributed by atoms with Crippen LogP contribution < -0.4 is 0 Å². The van der Waals surface area contributed by atoms with Gasteiger partial charge in [-0.3, -0.25) is 19.9 Å². The molecule has 1 aliphatic rings. The number of allylic oxidation sites excluding steroid dienone is 1. The molecule has 1 aromatic carbocycles. The van der Waals surface area contributed by atoms with E-state index < -0.39 is 22.7 Å². The third kappa shape index (κ3) is 3.03. The quantitative estimate of drug-likeness (QED) is 0.678. The second kappa shape index (κ2) is 6.12. The maximum absolute atomic E-state index is 12.0. The molecule has 7 heteroatoms. The Kier molecular flexibility index (Phi) is 4.40. The van der Waals surface area contributed by atoms with E-state index in [1.807, 2.05) is 0 Å². The molecule has 23 heavy (non-hydrogen) atoms. The molecule has 0 saturated carbocycles. The maximum Gasteiger partial charge on any atom is 0.334 e. The van der Waals surface area contributed by atoms with Gasteiger partial charge in [-0.05, 0) is 26.3 Å². The Bertz CT molecular complexity index is 746. The molecular weight excluding hydrogens is 300 g/mol. The number of carboxylic acids is 1. The van der Waals surface area contributed by atoms with Crippen molar-refractivity contribution in [1.82, 2.24) is 0 Å². The maximum atomic E-state index is 12.0. The molecule has 1 aromatic rings. The zero-order valence-corrected chi connectivity index (χ0v) is 12.9. The van der Waals surface area contributed by atoms with E-state index in [2.05, 4.69) is 4.99 Å². The summed E-state index contributed by atoms with van der Waals surface area (Å²) >= 11 is 0. The van der Waals surface area contributed by atoms with E-state index in [4.69, 9.17) is 0 Å². The molecule has 0 bridgehead atoms. The summed E-state index contributed by atoms with van der Waals surface area (Å²) in [6, 6.07) is 5.60. The fraction of sp³-hybridized carbons (Fsp3) is 0.312. The molecular formula is C16H16N2O5. The van der Waals surface area contributed by atoms with Crippen LogP contribution >= 0.6 is 0 Å². The van der Waals surface area contributed by atoms with E-state index in [1.54, 1.807) is 13.8 Å². The number of hydrogen-bond donors (Lipinski definition) is 1. The van der Waals surface area contributed by atoms with Crippen molar-refractivity contribution < 1.29 is 19.6 Å². The van der Waals surface area contributed by atoms with Gasteiger partial charge in [0.15, 0.2) is 0 Å². The van der Waals surface area contributed by atoms with Crippen LogP contribution in [0.2, 0.25) is 0 Å². The largest absolute Gasteiger partial charge is 0.478 e. The smallest absolute Gasteiger partial charge is 0.334 e. The van der Waals surface area contributed by atoms with Crippen molar-refractivity contribution in [2.75, 3.05) is 0 Å². The zero-order valence-electron chi connectivity index (χ0n) is 12.9. The van der Waals surface area contributed by atoms with Gasteiger partial charge in [-0.15, -0.1) is 0 Å². The summed E-state index contributed by atoms with van der Waals surface area (Å²) in [5, 5.41) is 20.3. The number of benzene rings is 1. The van der Waals surface area contributed by atoms with Crippen LogP contribution in [0.1, 0.15) is 32.3 Å². The number of ketones is 1. The Labute approximate surface area is 132 Å². The van der Waals surface area contributed by atoms with E-state index in [-0.39, 0.29) is 17.0 Å². The van der Waals surface area contributed by atoms with Gasteiger partial charge >= 0.3 is 5.97 Å². The molecule has 2 atom stereocenters. The highest BCUT2D eigenvalue weighted by atomic mass is 16.6. The van der Waals surface area contributed by atoms with Crippen LogP contribution in [0.4, 0.5) is 5.69 Å². The third-order valence-electron chi connectivity index (χ3n) is 3.96. The normalized spacial score (nSPS) is 20.9. The van der Waals surface area contributed by atoms with Crippen molar-refractivity contribution in [2.45, 2.75) is 26.7 Å². The van der Waals surface area contributed by atoms with Crippen molar-refractivity contribution in [3.8, 4) is 0 Å². The Balaban J connectivity index is 2.61. The summed E-state index contributed by atoms with van der Waals surface area (Å²) in [5.41, 5.74) is 1.39. The van der Waals surface area contributed by atoms with E-state index in [0.717, 1.165) is 0 Å². The number of carbonyl (C=O) groups is 2. The molecule has 1 heterocycles. The number of nitrogens with zero attached hydrogens (tertiary/aromatic N) is 2. The van der Waals surface area contributed by atoms with Crippen LogP contribution in [-0.4, -0.2) is 27.5 Å². The number of rotatable bonds is 4. The predicted octanol–water partition coefficient (Wildman–Crippen LogP) is 2.72. The van der Waals surface area contributed by atoms with Gasteiger partial charge in [0.25, 0.3) is 5.69 Å². The van der Waals surface area contributed by atoms with Gasteiger partial charge < -0.3 is 5.11 Å². The SMILES string of the molecule is CC(=O)C1C(C)=NC(C)=C(C(=O)O)[C@@H]1c1ccc([N+](=O)[O-])cc1. The van der Waals surface area contributed by atoms with Crippen LogP contribution in [-0.2, 0) is 9.59 Å². The lowest BCUT2D eigenvalue weighted by molar-refractivity contribution is -0.384. The minimum atomic E-state index is -1.15. The average Bonchev–Trinajstić information content (AvgIpc) is 2.45. The number of aliphatic carboxylic acids is 1. The lowest BCUT2D eigenvalue weighted by Gasteiger charge is -2.30. The van der Waals surface area contributed by atoms with E-state index in [1.165, 1.54) is 31.2 Å². The average molecular weight is 316 g/mol. The van der Waals surface area contributed by atoms with Crippen molar-refractivity contribution in [3.05, 3.63) is 51.2 Å². The number of Topliss-reactive ketones (excluding diaryl/α,β-unsaturated/α-hetero) is 1. The van der Waals surface area contributed by atoms with Gasteiger partial charge in [0.05, 0.1) is 16.4 Å². The highest BCUT2D eigenvalue weighted by molar-refractivity contribution is 6.08. The Morgan fingerprint density at radius 2 is 1.78 bits per heavy atom. The highest BCUT2D eigenvalue weighted by Gasteiger charge is 2.39. The lowest BCUT2D eigenvalue weighted by Crippen LogP contribution is -2.33. The minimum Gasteiger partial charge on any atom is -0.478 e. The molecule has 0 saturated heterocycles. The van der Waals surface area contributed by atoms with Gasteiger partial charge in [0.2, 0.25) is 0 Å². The first-order chi connectivity index (χ1) is 10.7. The van der Waals surface area contributed by atoms with Crippen LogP contribution in [0.25, 0.3) is 0 Å². The molecule has 0 fully saturated rings. The molecule has 120 valence electrons. The van der Waals surface area contributed by atoms with Gasteiger partial charge in [-0.1, -0.05) is 12.1 Å². The molecule has 2 rings (SSSR count). The fourth-order valence-corrected chi connectivity index (χ4v) is 3.01. The van der Waals surface area contributed by atoms with Gasteiger partial charge in [0, 0.05) is 29.5 Å². The van der Waals surface area contributed by atoms with Crippen molar-refractivity contribution in [2.24, 2.45) is 10.9 Å². The minimum absolute atomic E-state index is 0.0460. The van der Waals surface area contributed by atoms with Crippen LogP contribution in [0.5, 0.6) is 0 Å². The zero-order chi connectivity index (χ0) is 17.3. The Morgan fingerprint density at radius 3 is 2.22 bits per heavy atom. The topological polar surface area (TPSA) is 110 Å². The summed E-state index contributed by atoms with van der Waals surface area (Å²) in [4.78, 5) is 38.1. The lowest BCUT2D eigenvalue weighted by atomic mass is 9.74. The summed E-state index contributed by atoms with van der Waals surface area (Å²) in [6.45, 7) is 4.66. The monoisotopic (exact) mass is 316 g/mol. The van der Waals surface area contributed by atoms with E-state index >= 15 is 0 Å². The molecule has 0 aliphatic carbocycles. The molecule has 1 N–H and O–H groups in total. The predicted molar refractivity (Wildman–Crippen MR) is 83.5 cm³/mol. The molecule has 1 aliphatic heterocycles. The van der Waals surface area contributed by atoms with Crippen molar-refractivity contribution in [3.63, 3.8) is 0 Å². The Morgan fingerprint density at radius 1 is 1.22 bits per heavy atom. The number of non-ortho nitro benzene ring substituents is 1. The number of hydrogen-bond acceptors (Lipinski definition) is 5. The fourth-order valence-electron chi connectivity index (χ4n) is 3.01. The van der Waals surface area contributed by atoms with E-state index in [0.29, 0.717) is 17.0 Å². The van der Waals surface area contributed by atoms with Crippen LogP contribution in [0.15, 0.2) is 40.5 Å². The number of carbonyl (C=O) groups excluding carboxylic acids is 1. The van der Waals surface area contributed by atoms with Crippen molar-refractivity contribution >= 4 is 23.2 Å². The summed E-state index contributed by atoms with van der Waals surface area (Å²) in [5.74, 6) is -2.73. The molecule has 1 unspecified atom stereocenters. The highest BCUT2D eigenvalue weighted by Crippen LogP contribution is 2.39. The molecule has 0 radical (unpaired) electrons. The molecule has 0 spiro atoms. The standard InChI is InChI=1S/C16H16N2O5/c1-8-13(10(3)19)15(14(16(20)21)9(2)17-8)11-4-6-12(7-5-11)18(22)23/h4-7,13,15H,1-3H3,(H,20,21)/t13?,15-/m1/s1. The first kappa shape index (κ1) is 16.5. The van der Waals surface area contributed by atoms with Crippen LogP contribution in [0, 0.1) is 16.0 Å². The van der Waals surface area contributed by atoms with E-state index in [9.17, 15) is 24.8 Å². The number of nitro groups is 1. The first-order valence-corrected chi connectivity index (χ1v) is 6.98. The first-order valence-electron chi connectivity index (χ1n) is 6.98. The molecule has 7 nitrogen and oxygen atoms in total.